The predicted octanol–water partition coefficient (Wildman–Crippen LogP) is 6.31. The van der Waals surface area contributed by atoms with Gasteiger partial charge in [-0.15, -0.1) is 6.58 Å². The first kappa shape index (κ1) is 19.5. The summed E-state index contributed by atoms with van der Waals surface area (Å²) in [5, 5.41) is 0. The third kappa shape index (κ3) is 4.84. The molecule has 1 aliphatic rings. The van der Waals surface area contributed by atoms with Crippen molar-refractivity contribution >= 4 is 6.08 Å². The summed E-state index contributed by atoms with van der Waals surface area (Å²) in [5.74, 6) is 2.65. The van der Waals surface area contributed by atoms with Crippen LogP contribution in [0.15, 0.2) is 49.2 Å². The number of rotatable bonds is 7. The minimum absolute atomic E-state index is 0.215. The Morgan fingerprint density at radius 1 is 1.48 bits per heavy atom. The summed E-state index contributed by atoms with van der Waals surface area (Å²) < 4.78 is 5.10. The zero-order valence-corrected chi connectivity index (χ0v) is 16.3. The van der Waals surface area contributed by atoms with Crippen LogP contribution in [-0.4, -0.2) is 12.1 Å². The Bertz CT molecular complexity index is 615. The summed E-state index contributed by atoms with van der Waals surface area (Å²) in [7, 11) is 1.64. The van der Waals surface area contributed by atoms with Crippen LogP contribution in [0.4, 0.5) is 0 Å². The second kappa shape index (κ2) is 8.51. The van der Waals surface area contributed by atoms with E-state index in [2.05, 4.69) is 57.1 Å². The van der Waals surface area contributed by atoms with Crippen molar-refractivity contribution < 1.29 is 4.74 Å². The second-order valence-electron chi connectivity index (χ2n) is 7.89. The third-order valence-electron chi connectivity index (χ3n) is 6.04. The van der Waals surface area contributed by atoms with Gasteiger partial charge in [0.2, 0.25) is 5.88 Å². The van der Waals surface area contributed by atoms with Crippen LogP contribution < -0.4 is 4.74 Å². The lowest BCUT2D eigenvalue weighted by Gasteiger charge is -2.45. The van der Waals surface area contributed by atoms with Gasteiger partial charge >= 0.3 is 0 Å². The smallest absolute Gasteiger partial charge is 0.212 e. The zero-order chi connectivity index (χ0) is 18.4. The average molecular weight is 340 g/mol. The lowest BCUT2D eigenvalue weighted by Crippen LogP contribution is -2.35. The highest BCUT2D eigenvalue weighted by Crippen LogP contribution is 2.49. The highest BCUT2D eigenvalue weighted by molar-refractivity contribution is 5.48. The highest BCUT2D eigenvalue weighted by Gasteiger charge is 2.39. The quantitative estimate of drug-likeness (QED) is 0.543. The Balaban J connectivity index is 1.94. The Morgan fingerprint density at radius 2 is 2.24 bits per heavy atom. The molecule has 0 bridgehead atoms. The molecule has 0 spiro atoms. The average Bonchev–Trinajstić information content (AvgIpc) is 2.62. The lowest BCUT2D eigenvalue weighted by atomic mass is 9.60. The van der Waals surface area contributed by atoms with Crippen molar-refractivity contribution in [1.29, 1.82) is 0 Å². The lowest BCUT2D eigenvalue weighted by molar-refractivity contribution is 0.122. The molecule has 1 heterocycles. The van der Waals surface area contributed by atoms with Gasteiger partial charge in [-0.25, -0.2) is 4.98 Å². The van der Waals surface area contributed by atoms with E-state index in [1.807, 2.05) is 18.3 Å². The van der Waals surface area contributed by atoms with Crippen LogP contribution in [0.5, 0.6) is 5.88 Å². The monoisotopic (exact) mass is 339 g/mol. The first-order valence-electron chi connectivity index (χ1n) is 9.35. The maximum absolute atomic E-state index is 5.10. The maximum atomic E-state index is 5.10. The molecule has 1 fully saturated rings. The Kier molecular flexibility index (Phi) is 6.64. The molecular formula is C23H33NO. The van der Waals surface area contributed by atoms with Crippen LogP contribution >= 0.6 is 0 Å². The molecule has 2 heteroatoms. The summed E-state index contributed by atoms with van der Waals surface area (Å²) in [6, 6.07) is 3.94. The molecule has 2 rings (SSSR count). The summed E-state index contributed by atoms with van der Waals surface area (Å²) in [6.45, 7) is 15.2. The van der Waals surface area contributed by atoms with Crippen molar-refractivity contribution in [1.82, 2.24) is 4.98 Å². The molecule has 1 aromatic rings. The fourth-order valence-electron chi connectivity index (χ4n) is 4.11. The molecule has 0 saturated heterocycles. The number of pyridine rings is 1. The number of allylic oxidation sites excluding steroid dienone is 3. The number of methoxy groups -OCH3 is 1. The normalized spacial score (nSPS) is 27.8. The second-order valence-corrected chi connectivity index (χ2v) is 7.89. The molecule has 1 aliphatic carbocycles. The van der Waals surface area contributed by atoms with Crippen LogP contribution in [0.3, 0.4) is 0 Å². The van der Waals surface area contributed by atoms with Crippen molar-refractivity contribution in [3.8, 4) is 5.88 Å². The molecule has 1 aromatic heterocycles. The van der Waals surface area contributed by atoms with Gasteiger partial charge in [0.15, 0.2) is 0 Å². The summed E-state index contributed by atoms with van der Waals surface area (Å²) in [5.41, 5.74) is 2.64. The SMILES string of the molecule is C=C[C@]1(C)CC[C@@H](C(C)C/C=C/c2ccc(OC)nc2)C[C@H]1C(=C)C. The number of nitrogens with zero attached hydrogens (tertiary/aromatic N) is 1. The molecule has 1 unspecified atom stereocenters. The largest absolute Gasteiger partial charge is 0.481 e. The molecule has 4 atom stereocenters. The number of hydrogen-bond acceptors (Lipinski definition) is 2. The van der Waals surface area contributed by atoms with E-state index in [0.29, 0.717) is 17.7 Å². The molecule has 2 nitrogen and oxygen atoms in total. The Morgan fingerprint density at radius 3 is 2.80 bits per heavy atom. The van der Waals surface area contributed by atoms with E-state index in [1.165, 1.54) is 24.8 Å². The van der Waals surface area contributed by atoms with Gasteiger partial charge in [-0.3, -0.25) is 0 Å². The zero-order valence-electron chi connectivity index (χ0n) is 16.3. The molecule has 0 amide bonds. The van der Waals surface area contributed by atoms with Crippen LogP contribution in [-0.2, 0) is 0 Å². The standard InChI is InChI=1S/C23H33NO/c1-7-23(5)14-13-20(15-21(23)17(2)3)18(4)9-8-10-19-11-12-22(25-6)24-16-19/h7-8,10-12,16,18,20-21H,1-2,9,13-15H2,3-6H3/b10-8+/t18?,20-,21+,23-/m1/s1. The van der Waals surface area contributed by atoms with Crippen molar-refractivity contribution in [2.45, 2.75) is 46.5 Å². The van der Waals surface area contributed by atoms with Gasteiger partial charge in [0, 0.05) is 12.3 Å². The highest BCUT2D eigenvalue weighted by atomic mass is 16.5. The minimum Gasteiger partial charge on any atom is -0.481 e. The van der Waals surface area contributed by atoms with Crippen LogP contribution in [0, 0.1) is 23.2 Å². The van der Waals surface area contributed by atoms with Crippen molar-refractivity contribution in [2.75, 3.05) is 7.11 Å². The van der Waals surface area contributed by atoms with E-state index < -0.39 is 0 Å². The number of aromatic nitrogens is 1. The maximum Gasteiger partial charge on any atom is 0.212 e. The van der Waals surface area contributed by atoms with Gasteiger partial charge in [0.25, 0.3) is 0 Å². The number of ether oxygens (including phenoxy) is 1. The molecule has 25 heavy (non-hydrogen) atoms. The van der Waals surface area contributed by atoms with Crippen LogP contribution in [0.1, 0.15) is 52.0 Å². The molecule has 136 valence electrons. The summed E-state index contributed by atoms with van der Waals surface area (Å²) in [4.78, 5) is 4.25. The Hall–Kier alpha value is -1.83. The fourth-order valence-corrected chi connectivity index (χ4v) is 4.11. The van der Waals surface area contributed by atoms with E-state index in [4.69, 9.17) is 4.74 Å². The van der Waals surface area contributed by atoms with Gasteiger partial charge in [0.05, 0.1) is 7.11 Å². The van der Waals surface area contributed by atoms with Gasteiger partial charge in [-0.2, -0.15) is 0 Å². The summed E-state index contributed by atoms with van der Waals surface area (Å²) >= 11 is 0. The fraction of sp³-hybridized carbons (Fsp3) is 0.522. The first-order valence-corrected chi connectivity index (χ1v) is 9.35. The van der Waals surface area contributed by atoms with Gasteiger partial charge in [0.1, 0.15) is 0 Å². The molecule has 0 radical (unpaired) electrons. The van der Waals surface area contributed by atoms with E-state index in [9.17, 15) is 0 Å². The molecule has 0 aromatic carbocycles. The van der Waals surface area contributed by atoms with E-state index >= 15 is 0 Å². The van der Waals surface area contributed by atoms with Gasteiger partial charge in [-0.1, -0.05) is 44.2 Å². The topological polar surface area (TPSA) is 22.1 Å². The predicted molar refractivity (Wildman–Crippen MR) is 108 cm³/mol. The van der Waals surface area contributed by atoms with E-state index in [1.54, 1.807) is 7.11 Å². The summed E-state index contributed by atoms with van der Waals surface area (Å²) in [6.07, 6.45) is 13.3. The van der Waals surface area contributed by atoms with Crippen molar-refractivity contribution in [2.24, 2.45) is 23.2 Å². The number of hydrogen-bond donors (Lipinski definition) is 0. The van der Waals surface area contributed by atoms with Crippen LogP contribution in [0.25, 0.3) is 6.08 Å². The van der Waals surface area contributed by atoms with E-state index in [-0.39, 0.29) is 5.41 Å². The first-order chi connectivity index (χ1) is 11.9. The molecular weight excluding hydrogens is 306 g/mol. The third-order valence-corrected chi connectivity index (χ3v) is 6.04. The molecule has 1 saturated carbocycles. The van der Waals surface area contributed by atoms with Gasteiger partial charge in [-0.05, 0) is 67.4 Å². The van der Waals surface area contributed by atoms with E-state index in [0.717, 1.165) is 17.9 Å². The van der Waals surface area contributed by atoms with Crippen molar-refractivity contribution in [3.63, 3.8) is 0 Å². The molecule has 0 N–H and O–H groups in total. The van der Waals surface area contributed by atoms with Gasteiger partial charge < -0.3 is 4.74 Å². The van der Waals surface area contributed by atoms with Crippen LogP contribution in [0.2, 0.25) is 0 Å². The van der Waals surface area contributed by atoms with Crippen molar-refractivity contribution in [3.05, 3.63) is 54.8 Å². The Labute approximate surface area is 153 Å². The minimum atomic E-state index is 0.215. The molecule has 0 aliphatic heterocycles.